The molecular formula is C12H17N7O5. The summed E-state index contributed by atoms with van der Waals surface area (Å²) in [6.45, 7) is 3.53. The van der Waals surface area contributed by atoms with Gasteiger partial charge in [0.25, 0.3) is 5.91 Å². The molecule has 2 rings (SSSR count). The van der Waals surface area contributed by atoms with Gasteiger partial charge >= 0.3 is 11.6 Å². The van der Waals surface area contributed by atoms with Gasteiger partial charge in [-0.05, 0) is 16.8 Å². The van der Waals surface area contributed by atoms with Crippen molar-refractivity contribution in [3.05, 3.63) is 44.3 Å². The molecule has 12 nitrogen and oxygen atoms in total. The van der Waals surface area contributed by atoms with Gasteiger partial charge in [0, 0.05) is 6.92 Å². The molecule has 130 valence electrons. The molecule has 0 aromatic carbocycles. The van der Waals surface area contributed by atoms with Gasteiger partial charge in [-0.25, -0.2) is 14.5 Å². The lowest BCUT2D eigenvalue weighted by Crippen LogP contribution is -2.43. The number of nitrogens with zero attached hydrogens (tertiary/aromatic N) is 6. The molecule has 2 N–H and O–H groups in total. The van der Waals surface area contributed by atoms with E-state index in [0.29, 0.717) is 5.82 Å². The minimum absolute atomic E-state index is 0.146. The predicted octanol–water partition coefficient (Wildman–Crippen LogP) is -0.376. The molecule has 0 radical (unpaired) electrons. The molecule has 0 fully saturated rings. The van der Waals surface area contributed by atoms with Crippen molar-refractivity contribution in [2.75, 3.05) is 13.1 Å². The lowest BCUT2D eigenvalue weighted by molar-refractivity contribution is -0.445. The second-order valence-electron chi connectivity index (χ2n) is 5.28. The SMILES string of the molecule is Cc1ncc([N+](=O)[O-])n1CCN1C=C([N+](=O)[O-])N(CC(N)=O)C1C. The first-order chi connectivity index (χ1) is 11.2. The summed E-state index contributed by atoms with van der Waals surface area (Å²) in [6.07, 6.45) is 2.01. The lowest BCUT2D eigenvalue weighted by Gasteiger charge is -2.24. The second-order valence-corrected chi connectivity index (χ2v) is 5.28. The molecule has 0 saturated heterocycles. The van der Waals surface area contributed by atoms with Crippen LogP contribution in [0.15, 0.2) is 18.2 Å². The van der Waals surface area contributed by atoms with E-state index >= 15 is 0 Å². The third-order valence-corrected chi connectivity index (χ3v) is 3.82. The average Bonchev–Trinajstić information content (AvgIpc) is 2.99. The zero-order chi connectivity index (χ0) is 18.0. The van der Waals surface area contributed by atoms with E-state index in [1.165, 1.54) is 21.9 Å². The van der Waals surface area contributed by atoms with Crippen LogP contribution < -0.4 is 5.73 Å². The second kappa shape index (κ2) is 6.52. The first kappa shape index (κ1) is 17.2. The van der Waals surface area contributed by atoms with Crippen molar-refractivity contribution in [3.63, 3.8) is 0 Å². The van der Waals surface area contributed by atoms with E-state index in [9.17, 15) is 25.0 Å². The van der Waals surface area contributed by atoms with Crippen LogP contribution in [-0.4, -0.2) is 54.4 Å². The van der Waals surface area contributed by atoms with Gasteiger partial charge in [-0.2, -0.15) is 0 Å². The van der Waals surface area contributed by atoms with E-state index in [1.54, 1.807) is 18.7 Å². The molecule has 12 heteroatoms. The number of hydrogen-bond donors (Lipinski definition) is 1. The Hall–Kier alpha value is -3.18. The molecule has 1 aromatic rings. The number of nitro groups is 2. The van der Waals surface area contributed by atoms with Crippen LogP contribution in [0.4, 0.5) is 5.82 Å². The summed E-state index contributed by atoms with van der Waals surface area (Å²) in [4.78, 5) is 38.9. The number of amides is 1. The van der Waals surface area contributed by atoms with Crippen molar-refractivity contribution >= 4 is 11.7 Å². The number of carbonyl (C=O) groups excluding carboxylic acids is 1. The Morgan fingerprint density at radius 3 is 2.54 bits per heavy atom. The largest absolute Gasteiger partial charge is 0.366 e. The van der Waals surface area contributed by atoms with Crippen LogP contribution in [-0.2, 0) is 11.3 Å². The van der Waals surface area contributed by atoms with Gasteiger partial charge in [0.15, 0.2) is 18.5 Å². The highest BCUT2D eigenvalue weighted by atomic mass is 16.6. The van der Waals surface area contributed by atoms with Crippen molar-refractivity contribution in [1.82, 2.24) is 19.4 Å². The van der Waals surface area contributed by atoms with Crippen molar-refractivity contribution in [1.29, 1.82) is 0 Å². The standard InChI is InChI=1S/C12H17N7O5/c1-8-14-5-11(18(21)22)16(8)4-3-15-7-12(19(23)24)17(9(15)2)6-10(13)20/h5,7,9H,3-4,6H2,1-2H3,(H2,13,20). The van der Waals surface area contributed by atoms with E-state index in [-0.39, 0.29) is 31.3 Å². The Morgan fingerprint density at radius 2 is 2.00 bits per heavy atom. The van der Waals surface area contributed by atoms with Crippen LogP contribution in [0.25, 0.3) is 0 Å². The smallest absolute Gasteiger partial charge is 0.342 e. The Balaban J connectivity index is 2.16. The van der Waals surface area contributed by atoms with Crippen molar-refractivity contribution < 1.29 is 14.6 Å². The molecule has 1 atom stereocenters. The van der Waals surface area contributed by atoms with Crippen molar-refractivity contribution in [2.45, 2.75) is 26.6 Å². The first-order valence-electron chi connectivity index (χ1n) is 7.05. The van der Waals surface area contributed by atoms with Crippen LogP contribution in [0.5, 0.6) is 0 Å². The van der Waals surface area contributed by atoms with Crippen LogP contribution in [0.3, 0.4) is 0 Å². The maximum absolute atomic E-state index is 11.1. The van der Waals surface area contributed by atoms with Gasteiger partial charge in [-0.1, -0.05) is 0 Å². The van der Waals surface area contributed by atoms with Gasteiger partial charge in [0.1, 0.15) is 12.7 Å². The number of carbonyl (C=O) groups is 1. The Kier molecular flexibility index (Phi) is 4.66. The quantitative estimate of drug-likeness (QED) is 0.521. The van der Waals surface area contributed by atoms with Crippen LogP contribution >= 0.6 is 0 Å². The predicted molar refractivity (Wildman–Crippen MR) is 80.8 cm³/mol. The summed E-state index contributed by atoms with van der Waals surface area (Å²) in [5.41, 5.74) is 5.13. The number of nitrogens with two attached hydrogens (primary N) is 1. The molecule has 0 spiro atoms. The third-order valence-electron chi connectivity index (χ3n) is 3.82. The minimum atomic E-state index is -0.683. The molecule has 2 heterocycles. The molecule has 0 aliphatic carbocycles. The zero-order valence-corrected chi connectivity index (χ0v) is 13.2. The van der Waals surface area contributed by atoms with Crippen LogP contribution in [0.1, 0.15) is 12.7 Å². The molecule has 0 saturated carbocycles. The highest BCUT2D eigenvalue weighted by Crippen LogP contribution is 2.23. The fraction of sp³-hybridized carbons (Fsp3) is 0.500. The summed E-state index contributed by atoms with van der Waals surface area (Å²) >= 11 is 0. The molecule has 1 amide bonds. The number of imidazole rings is 1. The maximum Gasteiger partial charge on any atom is 0.342 e. The monoisotopic (exact) mass is 339 g/mol. The normalized spacial score (nSPS) is 17.1. The molecular weight excluding hydrogens is 322 g/mol. The Labute approximate surface area is 136 Å². The van der Waals surface area contributed by atoms with Crippen molar-refractivity contribution in [2.24, 2.45) is 5.73 Å². The number of aryl methyl sites for hydroxylation is 1. The van der Waals surface area contributed by atoms with Gasteiger partial charge in [0.2, 0.25) is 0 Å². The number of hydrogen-bond acceptors (Lipinski definition) is 8. The number of aromatic nitrogens is 2. The van der Waals surface area contributed by atoms with Crippen molar-refractivity contribution in [3.8, 4) is 0 Å². The third kappa shape index (κ3) is 3.26. The van der Waals surface area contributed by atoms with E-state index in [4.69, 9.17) is 5.73 Å². The summed E-state index contributed by atoms with van der Waals surface area (Å²) in [5, 5.41) is 22.1. The van der Waals surface area contributed by atoms with Gasteiger partial charge in [-0.3, -0.25) is 4.79 Å². The Morgan fingerprint density at radius 1 is 1.33 bits per heavy atom. The fourth-order valence-corrected chi connectivity index (χ4v) is 2.58. The van der Waals surface area contributed by atoms with Gasteiger partial charge < -0.3 is 30.9 Å². The minimum Gasteiger partial charge on any atom is -0.366 e. The number of primary amides is 1. The number of rotatable bonds is 7. The molecule has 1 aliphatic heterocycles. The fourth-order valence-electron chi connectivity index (χ4n) is 2.58. The topological polar surface area (TPSA) is 154 Å². The van der Waals surface area contributed by atoms with E-state index < -0.39 is 21.9 Å². The summed E-state index contributed by atoms with van der Waals surface area (Å²) in [6, 6.07) is 0. The molecule has 24 heavy (non-hydrogen) atoms. The zero-order valence-electron chi connectivity index (χ0n) is 13.2. The van der Waals surface area contributed by atoms with E-state index in [2.05, 4.69) is 4.98 Å². The highest BCUT2D eigenvalue weighted by molar-refractivity contribution is 5.76. The molecule has 0 bridgehead atoms. The Bertz CT molecular complexity index is 713. The maximum atomic E-state index is 11.1. The summed E-state index contributed by atoms with van der Waals surface area (Å²) in [7, 11) is 0. The van der Waals surface area contributed by atoms with E-state index in [1.807, 2.05) is 0 Å². The first-order valence-corrected chi connectivity index (χ1v) is 7.05. The van der Waals surface area contributed by atoms with Gasteiger partial charge in [-0.15, -0.1) is 0 Å². The molecule has 1 aromatic heterocycles. The lowest BCUT2D eigenvalue weighted by atomic mass is 10.4. The molecule has 1 unspecified atom stereocenters. The summed E-state index contributed by atoms with van der Waals surface area (Å²) < 4.78 is 1.42. The average molecular weight is 339 g/mol. The van der Waals surface area contributed by atoms with Crippen LogP contribution in [0.2, 0.25) is 0 Å². The van der Waals surface area contributed by atoms with Gasteiger partial charge in [0.05, 0.1) is 12.7 Å². The van der Waals surface area contributed by atoms with E-state index in [0.717, 1.165) is 0 Å². The highest BCUT2D eigenvalue weighted by Gasteiger charge is 2.38. The van der Waals surface area contributed by atoms with Crippen LogP contribution in [0, 0.1) is 27.2 Å². The summed E-state index contributed by atoms with van der Waals surface area (Å²) in [5.74, 6) is -0.594. The molecule has 1 aliphatic rings.